The van der Waals surface area contributed by atoms with Crippen LogP contribution >= 0.6 is 0 Å². The first-order chi connectivity index (χ1) is 10.6. The van der Waals surface area contributed by atoms with E-state index in [9.17, 15) is 4.79 Å². The quantitative estimate of drug-likeness (QED) is 0.443. The summed E-state index contributed by atoms with van der Waals surface area (Å²) in [6, 6.07) is 0. The van der Waals surface area contributed by atoms with Crippen molar-refractivity contribution < 1.29 is 9.53 Å². The van der Waals surface area contributed by atoms with Crippen LogP contribution in [0.25, 0.3) is 0 Å². The van der Waals surface area contributed by atoms with Gasteiger partial charge < -0.3 is 4.74 Å². The van der Waals surface area contributed by atoms with Crippen molar-refractivity contribution in [1.29, 1.82) is 0 Å². The number of carbonyl (C=O) groups is 1. The minimum atomic E-state index is -0.168. The predicted molar refractivity (Wildman–Crippen MR) is 85.0 cm³/mol. The van der Waals surface area contributed by atoms with Crippen LogP contribution in [0, 0.1) is 46.8 Å². The Morgan fingerprint density at radius 1 is 1.18 bits per heavy atom. The van der Waals surface area contributed by atoms with Crippen LogP contribution in [0.1, 0.15) is 51.9 Å². The maximum atomic E-state index is 12.0. The molecule has 0 aromatic carbocycles. The third kappa shape index (κ3) is 1.50. The zero-order chi connectivity index (χ0) is 15.1. The Balaban J connectivity index is 1.48. The van der Waals surface area contributed by atoms with E-state index in [1.54, 1.807) is 6.92 Å². The van der Waals surface area contributed by atoms with Gasteiger partial charge in [0.25, 0.3) is 0 Å². The van der Waals surface area contributed by atoms with Crippen LogP contribution < -0.4 is 0 Å². The molecular formula is C20H28O2. The predicted octanol–water partition coefficient (Wildman–Crippen LogP) is 4.20. The van der Waals surface area contributed by atoms with E-state index in [-0.39, 0.29) is 5.97 Å². The number of rotatable bonds is 3. The topological polar surface area (TPSA) is 26.3 Å². The molecule has 0 aliphatic heterocycles. The summed E-state index contributed by atoms with van der Waals surface area (Å²) in [5.74, 6) is 6.45. The van der Waals surface area contributed by atoms with Crippen molar-refractivity contribution >= 4 is 5.97 Å². The molecule has 5 aliphatic carbocycles. The molecule has 0 N–H and O–H groups in total. The van der Waals surface area contributed by atoms with E-state index in [1.165, 1.54) is 44.9 Å². The van der Waals surface area contributed by atoms with Gasteiger partial charge in [0.05, 0.1) is 6.61 Å². The molecule has 0 aromatic rings. The minimum Gasteiger partial charge on any atom is -0.462 e. The van der Waals surface area contributed by atoms with E-state index in [0.29, 0.717) is 17.6 Å². The molecule has 2 heteroatoms. The Morgan fingerprint density at radius 2 is 2.00 bits per heavy atom. The molecule has 5 fully saturated rings. The molecule has 2 nitrogen and oxygen atoms in total. The van der Waals surface area contributed by atoms with E-state index in [0.717, 1.165) is 41.4 Å². The second kappa shape index (κ2) is 4.39. The molecule has 5 saturated carbocycles. The van der Waals surface area contributed by atoms with Crippen LogP contribution in [0.4, 0.5) is 0 Å². The summed E-state index contributed by atoms with van der Waals surface area (Å²) in [6.45, 7) is 6.22. The summed E-state index contributed by atoms with van der Waals surface area (Å²) < 4.78 is 5.79. The number of hydrogen-bond acceptors (Lipinski definition) is 2. The largest absolute Gasteiger partial charge is 0.462 e. The SMILES string of the molecule is C=C(C)C(=O)OCC12CC(C3CCCC31)C1C3CCC(C3)C12. The zero-order valence-corrected chi connectivity index (χ0v) is 13.7. The standard InChI is InChI=1S/C20H28O2/c1-11(2)19(21)22-10-20-9-15(14-4-3-5-16(14)20)17-12-6-7-13(8-12)18(17)20/h12-18H,1,3-10H2,2H3. The number of fused-ring (bicyclic) bond motifs is 12. The first-order valence-corrected chi connectivity index (χ1v) is 9.44. The lowest BCUT2D eigenvalue weighted by molar-refractivity contribution is -0.147. The average molecular weight is 300 g/mol. The Morgan fingerprint density at radius 3 is 2.82 bits per heavy atom. The molecular weight excluding hydrogens is 272 g/mol. The van der Waals surface area contributed by atoms with Gasteiger partial charge in [-0.25, -0.2) is 4.79 Å². The van der Waals surface area contributed by atoms with Crippen molar-refractivity contribution in [1.82, 2.24) is 0 Å². The minimum absolute atomic E-state index is 0.168. The highest BCUT2D eigenvalue weighted by molar-refractivity contribution is 5.86. The fourth-order valence-electron chi connectivity index (χ4n) is 8.15. The Bertz CT molecular complexity index is 538. The molecule has 5 aliphatic rings. The van der Waals surface area contributed by atoms with Gasteiger partial charge >= 0.3 is 5.97 Å². The van der Waals surface area contributed by atoms with Crippen LogP contribution in [0.5, 0.6) is 0 Å². The van der Waals surface area contributed by atoms with Crippen molar-refractivity contribution in [2.75, 3.05) is 6.61 Å². The highest BCUT2D eigenvalue weighted by Gasteiger charge is 2.72. The number of hydrogen-bond donors (Lipinski definition) is 0. The zero-order valence-electron chi connectivity index (χ0n) is 13.7. The lowest BCUT2D eigenvalue weighted by atomic mass is 9.58. The molecule has 0 saturated heterocycles. The first kappa shape index (κ1) is 13.6. The maximum Gasteiger partial charge on any atom is 0.333 e. The van der Waals surface area contributed by atoms with Gasteiger partial charge in [0.1, 0.15) is 0 Å². The fourth-order valence-corrected chi connectivity index (χ4v) is 8.15. The van der Waals surface area contributed by atoms with E-state index >= 15 is 0 Å². The summed E-state index contributed by atoms with van der Waals surface area (Å²) in [4.78, 5) is 12.0. The van der Waals surface area contributed by atoms with E-state index in [4.69, 9.17) is 4.74 Å². The summed E-state index contributed by atoms with van der Waals surface area (Å²) in [6.07, 6.45) is 10.1. The highest BCUT2D eigenvalue weighted by Crippen LogP contribution is 2.77. The monoisotopic (exact) mass is 300 g/mol. The maximum absolute atomic E-state index is 12.0. The molecule has 0 spiro atoms. The van der Waals surface area contributed by atoms with Gasteiger partial charge in [0.2, 0.25) is 0 Å². The van der Waals surface area contributed by atoms with Gasteiger partial charge in [-0.05, 0) is 86.9 Å². The van der Waals surface area contributed by atoms with Crippen molar-refractivity contribution in [3.8, 4) is 0 Å². The average Bonchev–Trinajstić information content (AvgIpc) is 3.25. The Hall–Kier alpha value is -0.790. The van der Waals surface area contributed by atoms with Crippen LogP contribution in [-0.4, -0.2) is 12.6 Å². The van der Waals surface area contributed by atoms with Gasteiger partial charge in [0, 0.05) is 11.0 Å². The molecule has 22 heavy (non-hydrogen) atoms. The molecule has 5 rings (SSSR count). The molecule has 0 radical (unpaired) electrons. The smallest absolute Gasteiger partial charge is 0.333 e. The summed E-state index contributed by atoms with van der Waals surface area (Å²) in [7, 11) is 0. The molecule has 8 unspecified atom stereocenters. The van der Waals surface area contributed by atoms with Gasteiger partial charge in [-0.2, -0.15) is 0 Å². The van der Waals surface area contributed by atoms with Crippen molar-refractivity contribution in [2.24, 2.45) is 46.8 Å². The first-order valence-electron chi connectivity index (χ1n) is 9.44. The molecule has 0 aromatic heterocycles. The normalized spacial score (nSPS) is 53.6. The van der Waals surface area contributed by atoms with Crippen LogP contribution in [0.2, 0.25) is 0 Å². The number of esters is 1. The van der Waals surface area contributed by atoms with Crippen LogP contribution in [0.3, 0.4) is 0 Å². The van der Waals surface area contributed by atoms with Gasteiger partial charge in [-0.1, -0.05) is 13.0 Å². The lowest BCUT2D eigenvalue weighted by Gasteiger charge is -2.47. The van der Waals surface area contributed by atoms with E-state index in [1.807, 2.05) is 0 Å². The van der Waals surface area contributed by atoms with Crippen molar-refractivity contribution in [3.63, 3.8) is 0 Å². The molecule has 0 amide bonds. The molecule has 8 atom stereocenters. The van der Waals surface area contributed by atoms with Crippen LogP contribution in [-0.2, 0) is 9.53 Å². The second-order valence-electron chi connectivity index (χ2n) is 9.10. The number of ether oxygens (including phenoxy) is 1. The Labute approximate surface area is 133 Å². The Kier molecular flexibility index (Phi) is 2.72. The highest BCUT2D eigenvalue weighted by atomic mass is 16.5. The van der Waals surface area contributed by atoms with Crippen molar-refractivity contribution in [2.45, 2.75) is 51.9 Å². The summed E-state index contributed by atoms with van der Waals surface area (Å²) >= 11 is 0. The molecule has 120 valence electrons. The van der Waals surface area contributed by atoms with E-state index < -0.39 is 0 Å². The number of carbonyl (C=O) groups excluding carboxylic acids is 1. The third-order valence-corrected chi connectivity index (χ3v) is 8.43. The second-order valence-corrected chi connectivity index (χ2v) is 9.10. The fraction of sp³-hybridized carbons (Fsp3) is 0.850. The van der Waals surface area contributed by atoms with Gasteiger partial charge in [0.15, 0.2) is 0 Å². The third-order valence-electron chi connectivity index (χ3n) is 8.43. The molecule has 0 heterocycles. The molecule has 4 bridgehead atoms. The van der Waals surface area contributed by atoms with E-state index in [2.05, 4.69) is 6.58 Å². The summed E-state index contributed by atoms with van der Waals surface area (Å²) in [5.41, 5.74) is 0.901. The van der Waals surface area contributed by atoms with Gasteiger partial charge in [-0.15, -0.1) is 0 Å². The van der Waals surface area contributed by atoms with Crippen LogP contribution in [0.15, 0.2) is 12.2 Å². The van der Waals surface area contributed by atoms with Gasteiger partial charge in [-0.3, -0.25) is 0 Å². The summed E-state index contributed by atoms with van der Waals surface area (Å²) in [5, 5.41) is 0. The van der Waals surface area contributed by atoms with Crippen molar-refractivity contribution in [3.05, 3.63) is 12.2 Å². The lowest BCUT2D eigenvalue weighted by Crippen LogP contribution is -2.46.